The fourth-order valence-electron chi connectivity index (χ4n) is 1.82. The molecule has 1 N–H and O–H groups in total. The highest BCUT2D eigenvalue weighted by atomic mass is 16.6. The Morgan fingerprint density at radius 1 is 1.61 bits per heavy atom. The molecule has 0 amide bonds. The molecule has 1 aliphatic heterocycles. The van der Waals surface area contributed by atoms with Gasteiger partial charge in [-0.3, -0.25) is 0 Å². The molecule has 3 atom stereocenters. The van der Waals surface area contributed by atoms with Crippen LogP contribution < -0.4 is 0 Å². The first kappa shape index (κ1) is 13.0. The van der Waals surface area contributed by atoms with Crippen molar-refractivity contribution in [1.29, 1.82) is 0 Å². The number of carboxylic acids is 1. The van der Waals surface area contributed by atoms with E-state index >= 15 is 0 Å². The molecule has 1 aromatic rings. The Kier molecular flexibility index (Phi) is 3.93. The number of hydrogen-bond donors (Lipinski definition) is 1. The molecule has 0 bridgehead atoms. The fraction of sp³-hybridized carbons (Fsp3) is 0.727. The lowest BCUT2D eigenvalue weighted by molar-refractivity contribution is -0.150. The topological polar surface area (TPSA) is 94.7 Å². The van der Waals surface area contributed by atoms with E-state index in [1.165, 1.54) is 0 Å². The van der Waals surface area contributed by atoms with Gasteiger partial charge in [0.25, 0.3) is 5.89 Å². The molecule has 3 unspecified atom stereocenters. The van der Waals surface area contributed by atoms with Gasteiger partial charge in [0.1, 0.15) is 6.10 Å². The minimum absolute atomic E-state index is 0.00622. The normalized spacial score (nSPS) is 25.2. The zero-order valence-electron chi connectivity index (χ0n) is 10.3. The number of aliphatic carboxylic acids is 1. The minimum Gasteiger partial charge on any atom is -0.479 e. The van der Waals surface area contributed by atoms with E-state index < -0.39 is 18.2 Å². The summed E-state index contributed by atoms with van der Waals surface area (Å²) >= 11 is 0. The maximum absolute atomic E-state index is 10.8. The van der Waals surface area contributed by atoms with Crippen molar-refractivity contribution in [2.24, 2.45) is 0 Å². The summed E-state index contributed by atoms with van der Waals surface area (Å²) in [7, 11) is 1.61. The van der Waals surface area contributed by atoms with Crippen molar-refractivity contribution in [1.82, 2.24) is 10.1 Å². The number of carbonyl (C=O) groups is 1. The number of aromatic nitrogens is 2. The highest BCUT2D eigenvalue weighted by Gasteiger charge is 2.34. The van der Waals surface area contributed by atoms with Gasteiger partial charge in [0.05, 0.1) is 6.10 Å². The molecule has 18 heavy (non-hydrogen) atoms. The van der Waals surface area contributed by atoms with Crippen LogP contribution in [0.15, 0.2) is 4.52 Å². The van der Waals surface area contributed by atoms with E-state index in [0.717, 1.165) is 0 Å². The molecule has 2 rings (SSSR count). The predicted molar refractivity (Wildman–Crippen MR) is 59.0 cm³/mol. The van der Waals surface area contributed by atoms with Crippen molar-refractivity contribution in [3.63, 3.8) is 0 Å². The molecule has 2 heterocycles. The molecule has 100 valence electrons. The van der Waals surface area contributed by atoms with Crippen molar-refractivity contribution in [3.8, 4) is 0 Å². The van der Waals surface area contributed by atoms with E-state index in [1.807, 2.05) is 6.92 Å². The first-order valence-corrected chi connectivity index (χ1v) is 5.83. The maximum Gasteiger partial charge on any atom is 0.332 e. The number of ether oxygens (including phenoxy) is 2. The number of rotatable bonds is 5. The maximum atomic E-state index is 10.8. The SMILES string of the molecule is COC(C)Cc1noc(C2CCC(C(=O)O)O2)n1. The largest absolute Gasteiger partial charge is 0.479 e. The first-order valence-electron chi connectivity index (χ1n) is 5.83. The Labute approximate surface area is 104 Å². The summed E-state index contributed by atoms with van der Waals surface area (Å²) in [5, 5.41) is 12.7. The summed E-state index contributed by atoms with van der Waals surface area (Å²) in [5.41, 5.74) is 0. The lowest BCUT2D eigenvalue weighted by Gasteiger charge is -2.06. The Hall–Kier alpha value is -1.47. The van der Waals surface area contributed by atoms with Crippen molar-refractivity contribution < 1.29 is 23.9 Å². The van der Waals surface area contributed by atoms with Gasteiger partial charge in [-0.2, -0.15) is 4.98 Å². The van der Waals surface area contributed by atoms with E-state index in [0.29, 0.717) is 31.0 Å². The van der Waals surface area contributed by atoms with E-state index in [4.69, 9.17) is 19.1 Å². The van der Waals surface area contributed by atoms with Crippen LogP contribution in [0.4, 0.5) is 0 Å². The third kappa shape index (κ3) is 2.85. The smallest absolute Gasteiger partial charge is 0.332 e. The molecule has 1 aliphatic rings. The number of carboxylic acid groups (broad SMARTS) is 1. The molecule has 0 radical (unpaired) electrons. The second kappa shape index (κ2) is 5.45. The number of methoxy groups -OCH3 is 1. The van der Waals surface area contributed by atoms with Crippen LogP contribution in [0.1, 0.15) is 37.6 Å². The van der Waals surface area contributed by atoms with Crippen molar-refractivity contribution in [3.05, 3.63) is 11.7 Å². The van der Waals surface area contributed by atoms with Gasteiger partial charge in [0, 0.05) is 13.5 Å². The van der Waals surface area contributed by atoms with Crippen molar-refractivity contribution in [2.45, 2.75) is 44.5 Å². The van der Waals surface area contributed by atoms with E-state index in [9.17, 15) is 4.79 Å². The Balaban J connectivity index is 1.96. The van der Waals surface area contributed by atoms with Crippen LogP contribution in [-0.4, -0.2) is 40.5 Å². The molecule has 0 spiro atoms. The quantitative estimate of drug-likeness (QED) is 0.837. The van der Waals surface area contributed by atoms with Crippen LogP contribution >= 0.6 is 0 Å². The first-order chi connectivity index (χ1) is 8.60. The van der Waals surface area contributed by atoms with E-state index in [2.05, 4.69) is 10.1 Å². The number of hydrogen-bond acceptors (Lipinski definition) is 6. The molecular formula is C11H16N2O5. The zero-order valence-corrected chi connectivity index (χ0v) is 10.3. The molecule has 1 aromatic heterocycles. The van der Waals surface area contributed by atoms with E-state index in [1.54, 1.807) is 7.11 Å². The molecule has 7 nitrogen and oxygen atoms in total. The van der Waals surface area contributed by atoms with Crippen LogP contribution in [0.2, 0.25) is 0 Å². The van der Waals surface area contributed by atoms with Gasteiger partial charge in [-0.15, -0.1) is 0 Å². The molecule has 0 aromatic carbocycles. The standard InChI is InChI=1S/C11H16N2O5/c1-6(16-2)5-9-12-10(18-13-9)7-3-4-8(17-7)11(14)15/h6-8H,3-5H2,1-2H3,(H,14,15). The second-order valence-corrected chi connectivity index (χ2v) is 4.33. The Morgan fingerprint density at radius 2 is 2.39 bits per heavy atom. The summed E-state index contributed by atoms with van der Waals surface area (Å²) in [4.78, 5) is 15.0. The van der Waals surface area contributed by atoms with Gasteiger partial charge in [-0.05, 0) is 19.8 Å². The molecule has 7 heteroatoms. The average molecular weight is 256 g/mol. The third-order valence-corrected chi connectivity index (χ3v) is 2.93. The molecule has 0 saturated carbocycles. The number of nitrogens with zero attached hydrogens (tertiary/aromatic N) is 2. The second-order valence-electron chi connectivity index (χ2n) is 4.33. The van der Waals surface area contributed by atoms with Crippen LogP contribution in [0.3, 0.4) is 0 Å². The van der Waals surface area contributed by atoms with Crippen LogP contribution in [0, 0.1) is 0 Å². The molecule has 1 saturated heterocycles. The average Bonchev–Trinajstić information content (AvgIpc) is 2.96. The predicted octanol–water partition coefficient (Wildman–Crippen LogP) is 0.952. The highest BCUT2D eigenvalue weighted by Crippen LogP contribution is 2.31. The van der Waals surface area contributed by atoms with Gasteiger partial charge < -0.3 is 19.1 Å². The van der Waals surface area contributed by atoms with Gasteiger partial charge >= 0.3 is 5.97 Å². The van der Waals surface area contributed by atoms with Gasteiger partial charge in [-0.25, -0.2) is 4.79 Å². The van der Waals surface area contributed by atoms with Gasteiger partial charge in [0.2, 0.25) is 0 Å². The van der Waals surface area contributed by atoms with Gasteiger partial charge in [-0.1, -0.05) is 5.16 Å². The Bertz CT molecular complexity index is 419. The highest BCUT2D eigenvalue weighted by molar-refractivity contribution is 5.72. The summed E-state index contributed by atoms with van der Waals surface area (Å²) < 4.78 is 15.5. The lowest BCUT2D eigenvalue weighted by atomic mass is 10.2. The molecule has 0 aliphatic carbocycles. The summed E-state index contributed by atoms with van der Waals surface area (Å²) in [6, 6.07) is 0. The molecule has 1 fully saturated rings. The van der Waals surface area contributed by atoms with Crippen LogP contribution in [0.25, 0.3) is 0 Å². The summed E-state index contributed by atoms with van der Waals surface area (Å²) in [6.07, 6.45) is 0.417. The zero-order chi connectivity index (χ0) is 13.1. The lowest BCUT2D eigenvalue weighted by Crippen LogP contribution is -2.18. The van der Waals surface area contributed by atoms with Crippen LogP contribution in [0.5, 0.6) is 0 Å². The Morgan fingerprint density at radius 3 is 3.00 bits per heavy atom. The summed E-state index contributed by atoms with van der Waals surface area (Å²) in [6.45, 7) is 1.91. The van der Waals surface area contributed by atoms with Crippen molar-refractivity contribution in [2.75, 3.05) is 7.11 Å². The fourth-order valence-corrected chi connectivity index (χ4v) is 1.82. The van der Waals surface area contributed by atoms with E-state index in [-0.39, 0.29) is 6.10 Å². The molecular weight excluding hydrogens is 240 g/mol. The van der Waals surface area contributed by atoms with Crippen molar-refractivity contribution >= 4 is 5.97 Å². The van der Waals surface area contributed by atoms with Crippen LogP contribution in [-0.2, 0) is 20.7 Å². The monoisotopic (exact) mass is 256 g/mol. The third-order valence-electron chi connectivity index (χ3n) is 2.93. The summed E-state index contributed by atoms with van der Waals surface area (Å²) in [5.74, 6) is -0.0657. The minimum atomic E-state index is -0.953. The van der Waals surface area contributed by atoms with Gasteiger partial charge in [0.15, 0.2) is 11.9 Å².